The molecule has 5 heteroatoms. The van der Waals surface area contributed by atoms with Crippen molar-refractivity contribution in [2.75, 3.05) is 39.3 Å². The lowest BCUT2D eigenvalue weighted by Crippen LogP contribution is -2.52. The van der Waals surface area contributed by atoms with Gasteiger partial charge in [0.2, 0.25) is 0 Å². The Morgan fingerprint density at radius 3 is 2.42 bits per heavy atom. The van der Waals surface area contributed by atoms with E-state index in [-0.39, 0.29) is 18.1 Å². The molecule has 0 aromatic heterocycles. The van der Waals surface area contributed by atoms with E-state index >= 15 is 0 Å². The van der Waals surface area contributed by atoms with Crippen molar-refractivity contribution in [1.82, 2.24) is 9.80 Å². The topological polar surface area (TPSA) is 53.0 Å². The van der Waals surface area contributed by atoms with Crippen molar-refractivity contribution in [3.63, 3.8) is 0 Å². The quantitative estimate of drug-likeness (QED) is 0.755. The molecular weight excluding hydrogens is 244 g/mol. The van der Waals surface area contributed by atoms with E-state index in [9.17, 15) is 9.90 Å². The molecule has 1 N–H and O–H groups in total. The first kappa shape index (κ1) is 14.8. The van der Waals surface area contributed by atoms with E-state index in [1.165, 1.54) is 12.8 Å². The molecule has 2 atom stereocenters. The van der Waals surface area contributed by atoms with Gasteiger partial charge in [0.25, 0.3) is 5.91 Å². The Hall–Kier alpha value is -0.650. The minimum Gasteiger partial charge on any atom is -0.392 e. The first-order valence-corrected chi connectivity index (χ1v) is 7.37. The molecule has 1 aliphatic heterocycles. The lowest BCUT2D eigenvalue weighted by molar-refractivity contribution is -0.144. The number of ether oxygens (including phenoxy) is 1. The number of aliphatic hydroxyl groups excluding tert-OH is 1. The first-order valence-electron chi connectivity index (χ1n) is 7.37. The predicted octanol–water partition coefficient (Wildman–Crippen LogP) is 0.327. The summed E-state index contributed by atoms with van der Waals surface area (Å²) in [6.45, 7) is 8.23. The van der Waals surface area contributed by atoms with Crippen LogP contribution in [0.5, 0.6) is 0 Å². The second-order valence-corrected chi connectivity index (χ2v) is 5.89. The number of rotatable bonds is 6. The molecule has 5 nitrogen and oxygen atoms in total. The molecule has 1 amide bonds. The second-order valence-electron chi connectivity index (χ2n) is 5.89. The normalized spacial score (nSPS) is 24.3. The molecule has 1 aliphatic carbocycles. The van der Waals surface area contributed by atoms with Crippen LogP contribution in [-0.2, 0) is 9.53 Å². The summed E-state index contributed by atoms with van der Waals surface area (Å²) in [7, 11) is 0. The molecule has 19 heavy (non-hydrogen) atoms. The van der Waals surface area contributed by atoms with Gasteiger partial charge in [-0.05, 0) is 32.6 Å². The van der Waals surface area contributed by atoms with Crippen molar-refractivity contribution < 1.29 is 14.6 Å². The van der Waals surface area contributed by atoms with Crippen LogP contribution in [0.1, 0.15) is 26.7 Å². The van der Waals surface area contributed by atoms with E-state index in [0.717, 1.165) is 32.8 Å². The summed E-state index contributed by atoms with van der Waals surface area (Å²) in [5.41, 5.74) is 0. The molecule has 2 unspecified atom stereocenters. The number of piperazine rings is 1. The highest BCUT2D eigenvalue weighted by Crippen LogP contribution is 2.29. The van der Waals surface area contributed by atoms with Crippen molar-refractivity contribution in [2.45, 2.75) is 38.9 Å². The average Bonchev–Trinajstić information content (AvgIpc) is 3.19. The Kier molecular flexibility index (Phi) is 5.19. The van der Waals surface area contributed by atoms with Gasteiger partial charge in [-0.25, -0.2) is 0 Å². The molecule has 2 fully saturated rings. The highest BCUT2D eigenvalue weighted by atomic mass is 16.5. The Morgan fingerprint density at radius 2 is 1.89 bits per heavy atom. The lowest BCUT2D eigenvalue weighted by atomic mass is 10.2. The zero-order chi connectivity index (χ0) is 13.8. The number of aliphatic hydroxyl groups is 1. The van der Waals surface area contributed by atoms with Gasteiger partial charge in [0.15, 0.2) is 0 Å². The largest absolute Gasteiger partial charge is 0.392 e. The van der Waals surface area contributed by atoms with E-state index in [4.69, 9.17) is 4.74 Å². The summed E-state index contributed by atoms with van der Waals surface area (Å²) in [5, 5.41) is 9.35. The Morgan fingerprint density at radius 1 is 1.26 bits per heavy atom. The third kappa shape index (κ3) is 4.75. The molecule has 2 rings (SSSR count). The van der Waals surface area contributed by atoms with Crippen molar-refractivity contribution >= 4 is 5.91 Å². The molecule has 0 radical (unpaired) electrons. The van der Waals surface area contributed by atoms with Gasteiger partial charge in [-0.15, -0.1) is 0 Å². The smallest absolute Gasteiger partial charge is 0.251 e. The molecule has 0 spiro atoms. The maximum absolute atomic E-state index is 12.2. The molecule has 1 saturated carbocycles. The Bertz CT molecular complexity index is 297. The number of amides is 1. The number of hydrogen-bond acceptors (Lipinski definition) is 4. The van der Waals surface area contributed by atoms with E-state index < -0.39 is 0 Å². The van der Waals surface area contributed by atoms with Crippen LogP contribution < -0.4 is 0 Å². The number of β-amino-alcohol motifs (C(OH)–C–C–N with tert-alkyl or cyclic N) is 1. The van der Waals surface area contributed by atoms with Crippen LogP contribution in [0.4, 0.5) is 0 Å². The fourth-order valence-electron chi connectivity index (χ4n) is 2.42. The molecular formula is C14H26N2O3. The summed E-state index contributed by atoms with van der Waals surface area (Å²) in [6.07, 6.45) is 1.88. The van der Waals surface area contributed by atoms with E-state index in [1.807, 2.05) is 11.8 Å². The molecule has 0 aromatic rings. The fourth-order valence-corrected chi connectivity index (χ4v) is 2.42. The molecule has 0 aromatic carbocycles. The summed E-state index contributed by atoms with van der Waals surface area (Å²) >= 11 is 0. The molecule has 1 saturated heterocycles. The van der Waals surface area contributed by atoms with Gasteiger partial charge in [0, 0.05) is 32.7 Å². The molecule has 1 heterocycles. The van der Waals surface area contributed by atoms with Crippen molar-refractivity contribution in [2.24, 2.45) is 5.92 Å². The molecule has 110 valence electrons. The third-order valence-corrected chi connectivity index (χ3v) is 3.83. The van der Waals surface area contributed by atoms with Gasteiger partial charge in [-0.3, -0.25) is 9.69 Å². The van der Waals surface area contributed by atoms with Gasteiger partial charge < -0.3 is 14.7 Å². The maximum Gasteiger partial charge on any atom is 0.251 e. The van der Waals surface area contributed by atoms with Gasteiger partial charge in [0.05, 0.1) is 12.7 Å². The van der Waals surface area contributed by atoms with Gasteiger partial charge in [-0.1, -0.05) is 0 Å². The van der Waals surface area contributed by atoms with Crippen LogP contribution in [0.2, 0.25) is 0 Å². The van der Waals surface area contributed by atoms with Crippen LogP contribution in [0, 0.1) is 5.92 Å². The summed E-state index contributed by atoms with van der Waals surface area (Å²) < 4.78 is 5.63. The zero-order valence-electron chi connectivity index (χ0n) is 12.0. The fraction of sp³-hybridized carbons (Fsp3) is 0.929. The zero-order valence-corrected chi connectivity index (χ0v) is 12.0. The number of hydrogen-bond donors (Lipinski definition) is 1. The third-order valence-electron chi connectivity index (χ3n) is 3.83. The standard InChI is InChI=1S/C14H26N2O3/c1-11(17)9-15-5-7-16(8-6-15)14(18)12(2)19-10-13-3-4-13/h11-13,17H,3-10H2,1-2H3. The Labute approximate surface area is 115 Å². The summed E-state index contributed by atoms with van der Waals surface area (Å²) in [4.78, 5) is 16.3. The monoisotopic (exact) mass is 270 g/mol. The average molecular weight is 270 g/mol. The van der Waals surface area contributed by atoms with E-state index in [1.54, 1.807) is 6.92 Å². The van der Waals surface area contributed by atoms with Gasteiger partial charge >= 0.3 is 0 Å². The van der Waals surface area contributed by atoms with Crippen LogP contribution in [-0.4, -0.2) is 72.4 Å². The van der Waals surface area contributed by atoms with Gasteiger partial charge in [0.1, 0.15) is 6.10 Å². The van der Waals surface area contributed by atoms with E-state index in [2.05, 4.69) is 4.90 Å². The highest BCUT2D eigenvalue weighted by Gasteiger charge is 2.28. The van der Waals surface area contributed by atoms with Gasteiger partial charge in [-0.2, -0.15) is 0 Å². The van der Waals surface area contributed by atoms with Crippen LogP contribution in [0.3, 0.4) is 0 Å². The summed E-state index contributed by atoms with van der Waals surface area (Å²) in [5.74, 6) is 0.801. The first-order chi connectivity index (χ1) is 9.06. The number of carbonyl (C=O) groups excluding carboxylic acids is 1. The lowest BCUT2D eigenvalue weighted by Gasteiger charge is -2.36. The number of nitrogens with zero attached hydrogens (tertiary/aromatic N) is 2. The van der Waals surface area contributed by atoms with Crippen LogP contribution in [0.25, 0.3) is 0 Å². The molecule has 2 aliphatic rings. The minimum absolute atomic E-state index is 0.109. The van der Waals surface area contributed by atoms with E-state index in [0.29, 0.717) is 12.5 Å². The van der Waals surface area contributed by atoms with Crippen LogP contribution >= 0.6 is 0 Å². The SMILES string of the molecule is CC(O)CN1CCN(C(=O)C(C)OCC2CC2)CC1. The number of carbonyl (C=O) groups is 1. The minimum atomic E-state index is -0.316. The van der Waals surface area contributed by atoms with Crippen molar-refractivity contribution in [3.8, 4) is 0 Å². The van der Waals surface area contributed by atoms with Crippen LogP contribution in [0.15, 0.2) is 0 Å². The maximum atomic E-state index is 12.2. The second kappa shape index (κ2) is 6.68. The van der Waals surface area contributed by atoms with Crippen molar-refractivity contribution in [1.29, 1.82) is 0 Å². The highest BCUT2D eigenvalue weighted by molar-refractivity contribution is 5.80. The summed E-state index contributed by atoms with van der Waals surface area (Å²) in [6, 6.07) is 0. The Balaban J connectivity index is 1.68. The molecule has 0 bridgehead atoms. The van der Waals surface area contributed by atoms with Crippen molar-refractivity contribution in [3.05, 3.63) is 0 Å². The predicted molar refractivity (Wildman–Crippen MR) is 72.8 cm³/mol.